The lowest BCUT2D eigenvalue weighted by Crippen LogP contribution is -2.43. The molecule has 12 nitrogen and oxygen atoms in total. The smallest absolute Gasteiger partial charge is 0.253 e. The molecule has 0 spiro atoms. The number of amides is 6. The maximum absolute atomic E-state index is 14.1. The topological polar surface area (TPSA) is 157 Å². The van der Waals surface area contributed by atoms with Crippen LogP contribution in [0.5, 0.6) is 0 Å². The van der Waals surface area contributed by atoms with Crippen molar-refractivity contribution in [2.75, 3.05) is 39.3 Å². The predicted octanol–water partition coefficient (Wildman–Crippen LogP) is 5.40. The summed E-state index contributed by atoms with van der Waals surface area (Å²) in [6, 6.07) is 37.9. The SMILES string of the molecule is O=C(NCCc1ccc(F)cc1)C1CN(C(=O)c2ccc(C(=O)N3CC(C(=O)NC4C[C@H]4c4ccccc4)[C@H](C(=O)N[C@H]4C[C@@H]4c4ccccc4)C3)cc2)CC1C(=O)NCCc1ccc(F)cc1. The fourth-order valence-corrected chi connectivity index (χ4v) is 9.77. The maximum Gasteiger partial charge on any atom is 0.253 e. The highest BCUT2D eigenvalue weighted by Gasteiger charge is 2.49. The zero-order valence-electron chi connectivity index (χ0n) is 37.5. The minimum Gasteiger partial charge on any atom is -0.355 e. The van der Waals surface area contributed by atoms with Crippen LogP contribution in [0.4, 0.5) is 8.78 Å². The van der Waals surface area contributed by atoms with Crippen LogP contribution < -0.4 is 21.3 Å². The molecule has 4 aliphatic rings. The molecule has 9 rings (SSSR count). The Hall–Kier alpha value is -7.22. The van der Waals surface area contributed by atoms with E-state index in [-0.39, 0.29) is 104 Å². The monoisotopic (exact) mass is 920 g/mol. The first-order valence-corrected chi connectivity index (χ1v) is 23.4. The standard InChI is InChI=1S/C54H54F2N6O6/c55-39-19-11-33(12-20-39)23-25-57-49(63)43-29-61(30-44(43)50(64)58-26-24-34-13-21-40(56)22-14-34)53(67)37-15-17-38(18-16-37)54(68)62-31-45(51(65)59-47-27-41(47)35-7-3-1-4-8-35)46(32-62)52(66)60-48-28-42(48)36-9-5-2-6-10-36/h1-22,41-48H,23-32H2,(H,57,63)(H,58,64)(H,59,65)(H,60,66)/t41-,42+,43?,44?,45-,46?,47+,48?/m1/s1. The summed E-state index contributed by atoms with van der Waals surface area (Å²) in [5.41, 5.74) is 4.46. The molecule has 8 atom stereocenters. The molecule has 2 saturated heterocycles. The normalized spacial score (nSPS) is 23.6. The van der Waals surface area contributed by atoms with Gasteiger partial charge in [0.2, 0.25) is 23.6 Å². The van der Waals surface area contributed by atoms with E-state index in [9.17, 15) is 37.5 Å². The van der Waals surface area contributed by atoms with E-state index in [0.29, 0.717) is 12.8 Å². The molecule has 0 bridgehead atoms. The van der Waals surface area contributed by atoms with E-state index in [0.717, 1.165) is 35.1 Å². The summed E-state index contributed by atoms with van der Waals surface area (Å²) in [6.07, 6.45) is 2.46. The largest absolute Gasteiger partial charge is 0.355 e. The van der Waals surface area contributed by atoms with E-state index < -0.39 is 41.4 Å². The van der Waals surface area contributed by atoms with Gasteiger partial charge in [0.05, 0.1) is 23.7 Å². The molecule has 0 aromatic heterocycles. The number of hydrogen-bond donors (Lipinski definition) is 4. The number of rotatable bonds is 16. The average Bonchev–Trinajstić information content (AvgIpc) is 4.20. The molecular weight excluding hydrogens is 867 g/mol. The molecule has 2 aliphatic heterocycles. The van der Waals surface area contributed by atoms with Crippen molar-refractivity contribution in [2.45, 2.75) is 49.6 Å². The molecule has 350 valence electrons. The first kappa shape index (κ1) is 45.9. The van der Waals surface area contributed by atoms with Crippen LogP contribution in [0.3, 0.4) is 0 Å². The summed E-state index contributed by atoms with van der Waals surface area (Å²) in [5, 5.41) is 12.1. The lowest BCUT2D eigenvalue weighted by molar-refractivity contribution is -0.133. The summed E-state index contributed by atoms with van der Waals surface area (Å²) in [5.74, 6) is -5.71. The number of likely N-dealkylation sites (tertiary alicyclic amines) is 2. The highest BCUT2D eigenvalue weighted by atomic mass is 19.1. The Balaban J connectivity index is 0.849. The van der Waals surface area contributed by atoms with Crippen molar-refractivity contribution in [2.24, 2.45) is 23.7 Å². The van der Waals surface area contributed by atoms with Gasteiger partial charge in [-0.2, -0.15) is 0 Å². The van der Waals surface area contributed by atoms with Crippen LogP contribution in [0.2, 0.25) is 0 Å². The molecule has 2 saturated carbocycles. The van der Waals surface area contributed by atoms with Crippen molar-refractivity contribution < 1.29 is 37.5 Å². The molecule has 5 aromatic carbocycles. The second kappa shape index (κ2) is 20.3. The third-order valence-electron chi connectivity index (χ3n) is 13.9. The molecule has 4 N–H and O–H groups in total. The molecule has 68 heavy (non-hydrogen) atoms. The Kier molecular flexibility index (Phi) is 13.7. The Labute approximate surface area is 393 Å². The van der Waals surface area contributed by atoms with Crippen molar-refractivity contribution in [3.63, 3.8) is 0 Å². The van der Waals surface area contributed by atoms with Crippen molar-refractivity contribution >= 4 is 35.4 Å². The van der Waals surface area contributed by atoms with Gasteiger partial charge in [0, 0.05) is 74.3 Å². The van der Waals surface area contributed by atoms with Crippen LogP contribution in [-0.4, -0.2) is 96.6 Å². The van der Waals surface area contributed by atoms with Gasteiger partial charge >= 0.3 is 0 Å². The van der Waals surface area contributed by atoms with Gasteiger partial charge in [0.15, 0.2) is 0 Å². The molecule has 2 aliphatic carbocycles. The number of carbonyl (C=O) groups is 6. The Morgan fingerprint density at radius 3 is 1.13 bits per heavy atom. The van der Waals surface area contributed by atoms with Gasteiger partial charge < -0.3 is 31.1 Å². The van der Waals surface area contributed by atoms with Crippen molar-refractivity contribution in [3.05, 3.63) is 178 Å². The van der Waals surface area contributed by atoms with Gasteiger partial charge in [-0.15, -0.1) is 0 Å². The van der Waals surface area contributed by atoms with Crippen LogP contribution in [-0.2, 0) is 32.0 Å². The summed E-state index contributed by atoms with van der Waals surface area (Å²) < 4.78 is 26.9. The molecular formula is C54H54F2N6O6. The van der Waals surface area contributed by atoms with Gasteiger partial charge in [-0.1, -0.05) is 84.9 Å². The Morgan fingerprint density at radius 2 is 0.779 bits per heavy atom. The van der Waals surface area contributed by atoms with Crippen LogP contribution in [0.25, 0.3) is 0 Å². The minimum atomic E-state index is -0.863. The van der Waals surface area contributed by atoms with Gasteiger partial charge in [0.1, 0.15) is 11.6 Å². The third-order valence-corrected chi connectivity index (χ3v) is 13.9. The first-order valence-electron chi connectivity index (χ1n) is 23.4. The molecule has 4 unspecified atom stereocenters. The number of halogens is 2. The van der Waals surface area contributed by atoms with Crippen molar-refractivity contribution in [3.8, 4) is 0 Å². The molecule has 2 heterocycles. The lowest BCUT2D eigenvalue weighted by Gasteiger charge is -2.18. The molecule has 6 amide bonds. The molecule has 5 aromatic rings. The summed E-state index contributed by atoms with van der Waals surface area (Å²) in [4.78, 5) is 86.4. The fourth-order valence-electron chi connectivity index (χ4n) is 9.77. The van der Waals surface area contributed by atoms with Gasteiger partial charge in [0.25, 0.3) is 11.8 Å². The average molecular weight is 921 g/mol. The molecule has 14 heteroatoms. The van der Waals surface area contributed by atoms with Crippen LogP contribution >= 0.6 is 0 Å². The fraction of sp³-hybridized carbons (Fsp3) is 0.333. The quantitative estimate of drug-likeness (QED) is 0.104. The van der Waals surface area contributed by atoms with E-state index in [1.807, 2.05) is 60.7 Å². The maximum atomic E-state index is 14.1. The van der Waals surface area contributed by atoms with Crippen LogP contribution in [0.15, 0.2) is 133 Å². The van der Waals surface area contributed by atoms with Crippen molar-refractivity contribution in [1.29, 1.82) is 0 Å². The Bertz CT molecular complexity index is 2490. The van der Waals surface area contributed by atoms with E-state index in [1.54, 1.807) is 24.3 Å². The predicted molar refractivity (Wildman–Crippen MR) is 250 cm³/mol. The number of hydrogen-bond acceptors (Lipinski definition) is 6. The molecule has 0 radical (unpaired) electrons. The lowest BCUT2D eigenvalue weighted by atomic mass is 9.94. The van der Waals surface area contributed by atoms with Gasteiger partial charge in [-0.25, -0.2) is 8.78 Å². The summed E-state index contributed by atoms with van der Waals surface area (Å²) >= 11 is 0. The third kappa shape index (κ3) is 10.8. The number of carbonyl (C=O) groups excluding carboxylic acids is 6. The summed E-state index contributed by atoms with van der Waals surface area (Å²) in [6.45, 7) is 0.515. The van der Waals surface area contributed by atoms with Crippen LogP contribution in [0.1, 0.15) is 67.6 Å². The van der Waals surface area contributed by atoms with Gasteiger partial charge in [-0.05, 0) is 96.5 Å². The number of benzene rings is 5. The van der Waals surface area contributed by atoms with E-state index in [1.165, 1.54) is 58.3 Å². The first-order chi connectivity index (χ1) is 33.0. The zero-order chi connectivity index (χ0) is 47.3. The van der Waals surface area contributed by atoms with E-state index in [2.05, 4.69) is 21.3 Å². The van der Waals surface area contributed by atoms with E-state index >= 15 is 0 Å². The van der Waals surface area contributed by atoms with E-state index in [4.69, 9.17) is 0 Å². The van der Waals surface area contributed by atoms with Gasteiger partial charge in [-0.3, -0.25) is 28.8 Å². The Morgan fingerprint density at radius 1 is 0.441 bits per heavy atom. The minimum absolute atomic E-state index is 0.0292. The molecule has 4 fully saturated rings. The highest BCUT2D eigenvalue weighted by Crippen LogP contribution is 2.43. The zero-order valence-corrected chi connectivity index (χ0v) is 37.5. The number of nitrogens with zero attached hydrogens (tertiary/aromatic N) is 2. The number of nitrogens with one attached hydrogen (secondary N) is 4. The second-order valence-electron chi connectivity index (χ2n) is 18.5. The second-order valence-corrected chi connectivity index (χ2v) is 18.5. The van der Waals surface area contributed by atoms with Crippen molar-refractivity contribution in [1.82, 2.24) is 31.1 Å². The highest BCUT2D eigenvalue weighted by molar-refractivity contribution is 6.00. The summed E-state index contributed by atoms with van der Waals surface area (Å²) in [7, 11) is 0. The van der Waals surface area contributed by atoms with Crippen LogP contribution in [0, 0.1) is 35.3 Å².